The highest BCUT2D eigenvalue weighted by molar-refractivity contribution is 7.99. The van der Waals surface area contributed by atoms with Crippen molar-refractivity contribution in [3.8, 4) is 0 Å². The molecule has 0 atom stereocenters. The highest BCUT2D eigenvalue weighted by atomic mass is 32.2. The van der Waals surface area contributed by atoms with E-state index in [0.29, 0.717) is 12.1 Å². The molecule has 0 radical (unpaired) electrons. The highest BCUT2D eigenvalue weighted by Gasteiger charge is 2.09. The summed E-state index contributed by atoms with van der Waals surface area (Å²) in [5.41, 5.74) is 0.687. The molecular formula is C14H16FN3S. The zero-order valence-corrected chi connectivity index (χ0v) is 11.6. The van der Waals surface area contributed by atoms with E-state index in [-0.39, 0.29) is 5.82 Å². The van der Waals surface area contributed by atoms with Crippen LogP contribution in [-0.2, 0) is 6.54 Å². The Labute approximate surface area is 116 Å². The number of halogens is 1. The van der Waals surface area contributed by atoms with Gasteiger partial charge in [-0.3, -0.25) is 4.98 Å². The van der Waals surface area contributed by atoms with E-state index in [1.165, 1.54) is 17.8 Å². The van der Waals surface area contributed by atoms with Crippen LogP contribution in [0.4, 0.5) is 4.39 Å². The third-order valence-corrected chi connectivity index (χ3v) is 3.58. The second kappa shape index (κ2) is 7.21. The summed E-state index contributed by atoms with van der Waals surface area (Å²) in [6, 6.07) is 5.12. The molecule has 0 aliphatic carbocycles. The Morgan fingerprint density at radius 2 is 2.21 bits per heavy atom. The lowest BCUT2D eigenvalue weighted by Gasteiger charge is -2.10. The van der Waals surface area contributed by atoms with Gasteiger partial charge in [-0.25, -0.2) is 9.37 Å². The first kappa shape index (κ1) is 14.0. The van der Waals surface area contributed by atoms with Crippen LogP contribution in [0.25, 0.3) is 0 Å². The van der Waals surface area contributed by atoms with Crippen LogP contribution < -0.4 is 5.32 Å². The van der Waals surface area contributed by atoms with Gasteiger partial charge >= 0.3 is 0 Å². The first-order valence-electron chi connectivity index (χ1n) is 6.23. The van der Waals surface area contributed by atoms with Crippen molar-refractivity contribution in [3.05, 3.63) is 48.2 Å². The third-order valence-electron chi connectivity index (χ3n) is 2.56. The molecule has 19 heavy (non-hydrogen) atoms. The molecule has 0 bridgehead atoms. The van der Waals surface area contributed by atoms with Crippen LogP contribution in [0.15, 0.2) is 46.7 Å². The summed E-state index contributed by atoms with van der Waals surface area (Å²) in [6.45, 7) is 3.50. The lowest BCUT2D eigenvalue weighted by atomic mass is 10.2. The van der Waals surface area contributed by atoms with Gasteiger partial charge < -0.3 is 5.32 Å². The zero-order valence-electron chi connectivity index (χ0n) is 10.8. The van der Waals surface area contributed by atoms with Crippen LogP contribution in [0, 0.1) is 5.82 Å². The summed E-state index contributed by atoms with van der Waals surface area (Å²) in [4.78, 5) is 9.09. The Bertz CT molecular complexity index is 519. The van der Waals surface area contributed by atoms with E-state index in [1.54, 1.807) is 24.7 Å². The monoisotopic (exact) mass is 277 g/mol. The molecule has 0 fully saturated rings. The van der Waals surface area contributed by atoms with Crippen LogP contribution in [0.2, 0.25) is 0 Å². The standard InChI is InChI=1S/C14H16FN3S/c1-2-6-16-9-11-12(15)4-3-5-13(11)19-14-10-17-7-8-18-14/h3-5,7-8,10,16H,2,6,9H2,1H3. The molecule has 2 rings (SSSR count). The number of hydrogen-bond acceptors (Lipinski definition) is 4. The molecule has 0 amide bonds. The molecule has 0 saturated heterocycles. The van der Waals surface area contributed by atoms with Crippen LogP contribution in [0.1, 0.15) is 18.9 Å². The molecule has 0 spiro atoms. The number of nitrogens with zero attached hydrogens (tertiary/aromatic N) is 2. The van der Waals surface area contributed by atoms with Gasteiger partial charge in [-0.2, -0.15) is 0 Å². The van der Waals surface area contributed by atoms with Crippen molar-refractivity contribution in [2.75, 3.05) is 6.54 Å². The van der Waals surface area contributed by atoms with Gasteiger partial charge in [0, 0.05) is 29.4 Å². The van der Waals surface area contributed by atoms with Crippen molar-refractivity contribution in [1.29, 1.82) is 0 Å². The Balaban J connectivity index is 2.17. The minimum absolute atomic E-state index is 0.183. The Morgan fingerprint density at radius 3 is 2.95 bits per heavy atom. The molecule has 1 heterocycles. The SMILES string of the molecule is CCCNCc1c(F)cccc1Sc1cnccn1. The van der Waals surface area contributed by atoms with E-state index < -0.39 is 0 Å². The van der Waals surface area contributed by atoms with Gasteiger partial charge in [-0.05, 0) is 25.1 Å². The third kappa shape index (κ3) is 4.01. The molecule has 2 aromatic rings. The van der Waals surface area contributed by atoms with E-state index in [0.717, 1.165) is 22.9 Å². The fourth-order valence-corrected chi connectivity index (χ4v) is 2.54. The smallest absolute Gasteiger partial charge is 0.128 e. The first-order chi connectivity index (χ1) is 9.31. The Kier molecular flexibility index (Phi) is 5.30. The number of hydrogen-bond donors (Lipinski definition) is 1. The first-order valence-corrected chi connectivity index (χ1v) is 7.05. The summed E-state index contributed by atoms with van der Waals surface area (Å²) < 4.78 is 13.9. The second-order valence-electron chi connectivity index (χ2n) is 4.04. The van der Waals surface area contributed by atoms with E-state index in [2.05, 4.69) is 22.2 Å². The van der Waals surface area contributed by atoms with Gasteiger partial charge in [0.15, 0.2) is 0 Å². The van der Waals surface area contributed by atoms with Crippen LogP contribution in [0.5, 0.6) is 0 Å². The average molecular weight is 277 g/mol. The maximum Gasteiger partial charge on any atom is 0.128 e. The maximum absolute atomic E-state index is 13.9. The zero-order chi connectivity index (χ0) is 13.5. The molecule has 0 aliphatic rings. The van der Waals surface area contributed by atoms with Crippen molar-refractivity contribution in [2.45, 2.75) is 29.8 Å². The predicted octanol–water partition coefficient (Wildman–Crippen LogP) is 3.27. The number of aromatic nitrogens is 2. The van der Waals surface area contributed by atoms with Crippen LogP contribution >= 0.6 is 11.8 Å². The summed E-state index contributed by atoms with van der Waals surface area (Å²) in [6.07, 6.45) is 5.97. The van der Waals surface area contributed by atoms with Gasteiger partial charge in [-0.1, -0.05) is 24.8 Å². The fraction of sp³-hybridized carbons (Fsp3) is 0.286. The molecule has 100 valence electrons. The van der Waals surface area contributed by atoms with E-state index in [4.69, 9.17) is 0 Å². The van der Waals surface area contributed by atoms with Gasteiger partial charge in [0.25, 0.3) is 0 Å². The molecule has 3 nitrogen and oxygen atoms in total. The summed E-state index contributed by atoms with van der Waals surface area (Å²) in [7, 11) is 0. The number of nitrogens with one attached hydrogen (secondary N) is 1. The molecular weight excluding hydrogens is 261 g/mol. The predicted molar refractivity (Wildman–Crippen MR) is 74.6 cm³/mol. The van der Waals surface area contributed by atoms with Crippen LogP contribution in [0.3, 0.4) is 0 Å². The fourth-order valence-electron chi connectivity index (χ4n) is 1.65. The minimum atomic E-state index is -0.183. The second-order valence-corrected chi connectivity index (χ2v) is 5.10. The van der Waals surface area contributed by atoms with Crippen molar-refractivity contribution in [3.63, 3.8) is 0 Å². The maximum atomic E-state index is 13.9. The molecule has 1 aromatic carbocycles. The molecule has 1 aromatic heterocycles. The molecule has 0 aliphatic heterocycles. The number of benzene rings is 1. The quantitative estimate of drug-likeness (QED) is 0.822. The average Bonchev–Trinajstić information content (AvgIpc) is 2.43. The van der Waals surface area contributed by atoms with Gasteiger partial charge in [-0.15, -0.1) is 0 Å². The topological polar surface area (TPSA) is 37.8 Å². The summed E-state index contributed by atoms with van der Waals surface area (Å²) >= 11 is 1.43. The molecule has 0 saturated carbocycles. The van der Waals surface area contributed by atoms with Crippen molar-refractivity contribution in [2.24, 2.45) is 0 Å². The number of rotatable bonds is 6. The van der Waals surface area contributed by atoms with E-state index in [1.807, 2.05) is 6.07 Å². The van der Waals surface area contributed by atoms with Crippen molar-refractivity contribution in [1.82, 2.24) is 15.3 Å². The highest BCUT2D eigenvalue weighted by Crippen LogP contribution is 2.29. The lowest BCUT2D eigenvalue weighted by molar-refractivity contribution is 0.578. The molecule has 5 heteroatoms. The van der Waals surface area contributed by atoms with E-state index >= 15 is 0 Å². The summed E-state index contributed by atoms with van der Waals surface area (Å²) in [5.74, 6) is -0.183. The van der Waals surface area contributed by atoms with E-state index in [9.17, 15) is 4.39 Å². The lowest BCUT2D eigenvalue weighted by Crippen LogP contribution is -2.15. The van der Waals surface area contributed by atoms with Crippen molar-refractivity contribution < 1.29 is 4.39 Å². The molecule has 0 unspecified atom stereocenters. The molecule has 1 N–H and O–H groups in total. The van der Waals surface area contributed by atoms with Gasteiger partial charge in [0.1, 0.15) is 10.8 Å². The normalized spacial score (nSPS) is 10.6. The summed E-state index contributed by atoms with van der Waals surface area (Å²) in [5, 5.41) is 4.00. The Morgan fingerprint density at radius 1 is 1.32 bits per heavy atom. The van der Waals surface area contributed by atoms with Crippen LogP contribution in [-0.4, -0.2) is 16.5 Å². The van der Waals surface area contributed by atoms with Crippen molar-refractivity contribution >= 4 is 11.8 Å². The van der Waals surface area contributed by atoms with Gasteiger partial charge in [0.05, 0.1) is 6.20 Å². The largest absolute Gasteiger partial charge is 0.313 e. The van der Waals surface area contributed by atoms with Gasteiger partial charge in [0.2, 0.25) is 0 Å². The Hall–Kier alpha value is -1.46. The minimum Gasteiger partial charge on any atom is -0.313 e.